The third kappa shape index (κ3) is 3.44. The van der Waals surface area contributed by atoms with E-state index in [1.165, 1.54) is 12.1 Å². The van der Waals surface area contributed by atoms with Gasteiger partial charge in [0.15, 0.2) is 0 Å². The lowest BCUT2D eigenvalue weighted by Crippen LogP contribution is -2.54. The summed E-state index contributed by atoms with van der Waals surface area (Å²) in [5, 5.41) is 12.1. The molecule has 1 aromatic heterocycles. The molecule has 2 N–H and O–H groups in total. The summed E-state index contributed by atoms with van der Waals surface area (Å²) in [6.45, 7) is 0. The molecule has 3 rings (SSSR count). The number of aromatic nitrogens is 2. The second-order valence-corrected chi connectivity index (χ2v) is 7.07. The molecule has 0 saturated heterocycles. The van der Waals surface area contributed by atoms with Crippen molar-refractivity contribution >= 4 is 23.5 Å². The van der Waals surface area contributed by atoms with Crippen LogP contribution in [0.15, 0.2) is 30.7 Å². The zero-order valence-corrected chi connectivity index (χ0v) is 15.0. The topological polar surface area (TPSA) is 84.2 Å². The van der Waals surface area contributed by atoms with Gasteiger partial charge in [0.05, 0.1) is 22.5 Å². The Hall–Kier alpha value is -2.41. The Kier molecular flexibility index (Phi) is 5.00. The zero-order chi connectivity index (χ0) is 18.9. The highest BCUT2D eigenvalue weighted by atomic mass is 35.5. The van der Waals surface area contributed by atoms with Crippen molar-refractivity contribution in [2.24, 2.45) is 7.05 Å². The van der Waals surface area contributed by atoms with Crippen LogP contribution in [-0.2, 0) is 28.5 Å². The van der Waals surface area contributed by atoms with Gasteiger partial charge < -0.3 is 15.0 Å². The Labute approximate surface area is 155 Å². The van der Waals surface area contributed by atoms with Crippen molar-refractivity contribution in [1.29, 1.82) is 0 Å². The monoisotopic (exact) mass is 379 g/mol. The molecule has 0 bridgehead atoms. The molecule has 1 atom stereocenters. The summed E-state index contributed by atoms with van der Waals surface area (Å²) in [6, 6.07) is 3.20. The summed E-state index contributed by atoms with van der Waals surface area (Å²) >= 11 is 5.73. The number of carbonyl (C=O) groups excluding carboxylic acids is 1. The first-order valence-corrected chi connectivity index (χ1v) is 8.66. The Morgan fingerprint density at radius 2 is 2.19 bits per heavy atom. The highest BCUT2D eigenvalue weighted by molar-refractivity contribution is 6.30. The number of carboxylic acids is 1. The van der Waals surface area contributed by atoms with E-state index in [1.54, 1.807) is 30.2 Å². The van der Waals surface area contributed by atoms with Gasteiger partial charge in [-0.15, -0.1) is 0 Å². The Balaban J connectivity index is 1.80. The highest BCUT2D eigenvalue weighted by Gasteiger charge is 2.46. The van der Waals surface area contributed by atoms with Gasteiger partial charge in [-0.1, -0.05) is 24.1 Å². The first kappa shape index (κ1) is 18.4. The minimum atomic E-state index is -1.14. The van der Waals surface area contributed by atoms with E-state index in [-0.39, 0.29) is 11.4 Å². The lowest BCUT2D eigenvalue weighted by atomic mass is 9.63. The van der Waals surface area contributed by atoms with Crippen LogP contribution in [0.3, 0.4) is 0 Å². The number of carbonyl (C=O) groups is 2. The normalized spacial score (nSPS) is 16.6. The molecular formula is C18H19ClFN3O3. The maximum atomic E-state index is 13.8. The minimum Gasteiger partial charge on any atom is -0.480 e. The summed E-state index contributed by atoms with van der Waals surface area (Å²) in [7, 11) is 1.78. The summed E-state index contributed by atoms with van der Waals surface area (Å²) in [6.07, 6.45) is 5.24. The Morgan fingerprint density at radius 1 is 1.46 bits per heavy atom. The number of halogens is 2. The zero-order valence-electron chi connectivity index (χ0n) is 14.2. The summed E-state index contributed by atoms with van der Waals surface area (Å²) < 4.78 is 15.6. The number of hydrogen-bond acceptors (Lipinski definition) is 3. The van der Waals surface area contributed by atoms with E-state index >= 15 is 0 Å². The average molecular weight is 380 g/mol. The van der Waals surface area contributed by atoms with Crippen LogP contribution < -0.4 is 5.32 Å². The van der Waals surface area contributed by atoms with Crippen molar-refractivity contribution in [3.05, 3.63) is 52.8 Å². The van der Waals surface area contributed by atoms with Crippen molar-refractivity contribution in [2.75, 3.05) is 0 Å². The predicted octanol–water partition coefficient (Wildman–Crippen LogP) is 2.45. The average Bonchev–Trinajstić information content (AvgIpc) is 2.94. The molecule has 138 valence electrons. The fourth-order valence-electron chi connectivity index (χ4n) is 3.25. The number of rotatable bonds is 6. The molecule has 1 saturated carbocycles. The number of amides is 1. The maximum absolute atomic E-state index is 13.8. The quantitative estimate of drug-likeness (QED) is 0.807. The van der Waals surface area contributed by atoms with Crippen LogP contribution in [0.4, 0.5) is 4.39 Å². The van der Waals surface area contributed by atoms with E-state index in [2.05, 4.69) is 10.3 Å². The first-order valence-electron chi connectivity index (χ1n) is 8.28. The maximum Gasteiger partial charge on any atom is 0.326 e. The second-order valence-electron chi connectivity index (χ2n) is 6.66. The molecule has 1 heterocycles. The predicted molar refractivity (Wildman–Crippen MR) is 93.4 cm³/mol. The number of nitrogens with one attached hydrogen (secondary N) is 1. The molecule has 0 spiro atoms. The van der Waals surface area contributed by atoms with Crippen LogP contribution in [0.5, 0.6) is 0 Å². The van der Waals surface area contributed by atoms with Gasteiger partial charge in [0, 0.05) is 19.7 Å². The van der Waals surface area contributed by atoms with E-state index in [0.29, 0.717) is 24.1 Å². The summed E-state index contributed by atoms with van der Waals surface area (Å²) in [4.78, 5) is 28.6. The molecular weight excluding hydrogens is 361 g/mol. The van der Waals surface area contributed by atoms with E-state index < -0.39 is 29.2 Å². The summed E-state index contributed by atoms with van der Waals surface area (Å²) in [5.74, 6) is -2.14. The van der Waals surface area contributed by atoms with Crippen LogP contribution in [-0.4, -0.2) is 32.6 Å². The van der Waals surface area contributed by atoms with Crippen LogP contribution in [0, 0.1) is 5.82 Å². The standard InChI is InChI=1S/C18H19ClFN3O3/c1-23-9-12(21-10-23)8-15(16(24)25)22-17(26)18(5-2-6-18)11-3-4-13(19)14(20)7-11/h3-4,7,9-10,15H,2,5-6,8H2,1H3,(H,22,26)(H,24,25)/t15-/m0/s1. The molecule has 0 unspecified atom stereocenters. The van der Waals surface area contributed by atoms with Crippen LogP contribution in [0.2, 0.25) is 5.02 Å². The van der Waals surface area contributed by atoms with E-state index in [9.17, 15) is 19.1 Å². The van der Waals surface area contributed by atoms with Gasteiger partial charge in [0.1, 0.15) is 11.9 Å². The molecule has 1 amide bonds. The van der Waals surface area contributed by atoms with Crippen LogP contribution in [0.1, 0.15) is 30.5 Å². The van der Waals surface area contributed by atoms with Crippen molar-refractivity contribution in [2.45, 2.75) is 37.1 Å². The van der Waals surface area contributed by atoms with Gasteiger partial charge in [-0.05, 0) is 30.5 Å². The molecule has 2 aromatic rings. The van der Waals surface area contributed by atoms with Gasteiger partial charge in [-0.2, -0.15) is 0 Å². The van der Waals surface area contributed by atoms with Crippen molar-refractivity contribution < 1.29 is 19.1 Å². The lowest BCUT2D eigenvalue weighted by Gasteiger charge is -2.41. The van der Waals surface area contributed by atoms with E-state index in [1.807, 2.05) is 0 Å². The molecule has 26 heavy (non-hydrogen) atoms. The number of aliphatic carboxylic acids is 1. The highest BCUT2D eigenvalue weighted by Crippen LogP contribution is 2.44. The number of benzene rings is 1. The van der Waals surface area contributed by atoms with Crippen LogP contribution in [0.25, 0.3) is 0 Å². The molecule has 1 aliphatic rings. The van der Waals surface area contributed by atoms with E-state index in [4.69, 9.17) is 11.6 Å². The molecule has 6 nitrogen and oxygen atoms in total. The summed E-state index contributed by atoms with van der Waals surface area (Å²) in [5.41, 5.74) is 0.175. The molecule has 1 aromatic carbocycles. The Morgan fingerprint density at radius 3 is 2.69 bits per heavy atom. The SMILES string of the molecule is Cn1cnc(C[C@H](NC(=O)C2(c3ccc(Cl)c(F)c3)CCC2)C(=O)O)c1. The molecule has 8 heteroatoms. The third-order valence-corrected chi connectivity index (χ3v) is 5.20. The lowest BCUT2D eigenvalue weighted by molar-refractivity contribution is -0.143. The number of carboxylic acid groups (broad SMARTS) is 1. The molecule has 0 aliphatic heterocycles. The van der Waals surface area contributed by atoms with Crippen LogP contribution >= 0.6 is 11.6 Å². The van der Waals surface area contributed by atoms with Crippen molar-refractivity contribution in [3.63, 3.8) is 0 Å². The number of hydrogen-bond donors (Lipinski definition) is 2. The largest absolute Gasteiger partial charge is 0.480 e. The molecule has 0 radical (unpaired) electrons. The van der Waals surface area contributed by atoms with Gasteiger partial charge in [0.25, 0.3) is 0 Å². The molecule has 1 aliphatic carbocycles. The van der Waals surface area contributed by atoms with Gasteiger partial charge >= 0.3 is 5.97 Å². The van der Waals surface area contributed by atoms with E-state index in [0.717, 1.165) is 6.42 Å². The first-order chi connectivity index (χ1) is 12.3. The van der Waals surface area contributed by atoms with Gasteiger partial charge in [-0.3, -0.25) is 4.79 Å². The number of imidazole rings is 1. The van der Waals surface area contributed by atoms with Crippen molar-refractivity contribution in [1.82, 2.24) is 14.9 Å². The number of aryl methyl sites for hydroxylation is 1. The Bertz CT molecular complexity index is 848. The minimum absolute atomic E-state index is 0.0119. The fourth-order valence-corrected chi connectivity index (χ4v) is 3.37. The smallest absolute Gasteiger partial charge is 0.326 e. The number of nitrogens with zero attached hydrogens (tertiary/aromatic N) is 2. The fraction of sp³-hybridized carbons (Fsp3) is 0.389. The van der Waals surface area contributed by atoms with Gasteiger partial charge in [0.2, 0.25) is 5.91 Å². The second kappa shape index (κ2) is 7.07. The van der Waals surface area contributed by atoms with Crippen molar-refractivity contribution in [3.8, 4) is 0 Å². The molecule has 1 fully saturated rings. The third-order valence-electron chi connectivity index (χ3n) is 4.89. The van der Waals surface area contributed by atoms with Gasteiger partial charge in [-0.25, -0.2) is 14.2 Å².